The second-order valence-corrected chi connectivity index (χ2v) is 5.05. The summed E-state index contributed by atoms with van der Waals surface area (Å²) in [7, 11) is 0. The van der Waals surface area contributed by atoms with Crippen LogP contribution < -0.4 is 5.32 Å². The molecule has 1 fully saturated rings. The van der Waals surface area contributed by atoms with E-state index in [-0.39, 0.29) is 6.61 Å². The summed E-state index contributed by atoms with van der Waals surface area (Å²) in [4.78, 5) is 0. The van der Waals surface area contributed by atoms with Crippen molar-refractivity contribution in [3.8, 4) is 0 Å². The lowest BCUT2D eigenvalue weighted by Crippen LogP contribution is -2.50. The summed E-state index contributed by atoms with van der Waals surface area (Å²) in [6.07, 6.45) is 0.842. The van der Waals surface area contributed by atoms with E-state index in [1.165, 1.54) is 0 Å². The van der Waals surface area contributed by atoms with E-state index < -0.39 is 0 Å². The molecule has 1 aliphatic heterocycles. The zero-order valence-electron chi connectivity index (χ0n) is 9.55. The van der Waals surface area contributed by atoms with Crippen molar-refractivity contribution in [2.45, 2.75) is 33.2 Å². The Morgan fingerprint density at radius 3 is 2.43 bits per heavy atom. The van der Waals surface area contributed by atoms with Crippen molar-refractivity contribution in [1.82, 2.24) is 5.32 Å². The molecule has 0 radical (unpaired) electrons. The highest BCUT2D eigenvalue weighted by Crippen LogP contribution is 2.25. The average Bonchev–Trinajstić information content (AvgIpc) is 2.08. The number of nitrogens with one attached hydrogen (secondary N) is 1. The average molecular weight is 201 g/mol. The van der Waals surface area contributed by atoms with E-state index in [2.05, 4.69) is 26.1 Å². The molecule has 0 aromatic heterocycles. The van der Waals surface area contributed by atoms with Gasteiger partial charge in [-0.25, -0.2) is 0 Å². The van der Waals surface area contributed by atoms with E-state index in [0.717, 1.165) is 26.2 Å². The molecule has 1 aliphatic rings. The molecule has 1 atom stereocenters. The highest BCUT2D eigenvalue weighted by Gasteiger charge is 2.33. The second kappa shape index (κ2) is 5.10. The van der Waals surface area contributed by atoms with E-state index in [9.17, 15) is 0 Å². The molecule has 0 saturated carbocycles. The van der Waals surface area contributed by atoms with Crippen LogP contribution in [0.1, 0.15) is 27.2 Å². The van der Waals surface area contributed by atoms with Gasteiger partial charge in [0.25, 0.3) is 0 Å². The van der Waals surface area contributed by atoms with E-state index in [1.54, 1.807) is 0 Å². The van der Waals surface area contributed by atoms with Gasteiger partial charge in [-0.1, -0.05) is 20.8 Å². The lowest BCUT2D eigenvalue weighted by Gasteiger charge is -2.39. The van der Waals surface area contributed by atoms with Gasteiger partial charge in [0.15, 0.2) is 0 Å². The zero-order valence-corrected chi connectivity index (χ0v) is 9.55. The zero-order chi connectivity index (χ0) is 10.6. The van der Waals surface area contributed by atoms with Crippen LogP contribution in [0.3, 0.4) is 0 Å². The number of aliphatic hydroxyl groups excluding tert-OH is 1. The number of hydrogen-bond donors (Lipinski definition) is 2. The van der Waals surface area contributed by atoms with Crippen LogP contribution in [0.15, 0.2) is 0 Å². The summed E-state index contributed by atoms with van der Waals surface area (Å²) in [6, 6.07) is 0.428. The smallest absolute Gasteiger partial charge is 0.0554 e. The molecule has 0 amide bonds. The fourth-order valence-corrected chi connectivity index (χ4v) is 1.74. The number of hydrogen-bond acceptors (Lipinski definition) is 3. The summed E-state index contributed by atoms with van der Waals surface area (Å²) < 4.78 is 5.20. The van der Waals surface area contributed by atoms with Gasteiger partial charge in [-0.05, 0) is 12.3 Å². The highest BCUT2D eigenvalue weighted by atomic mass is 16.5. The maximum absolute atomic E-state index is 8.92. The maximum Gasteiger partial charge on any atom is 0.0554 e. The monoisotopic (exact) mass is 201 g/mol. The molecule has 1 heterocycles. The normalized spacial score (nSPS) is 22.1. The third kappa shape index (κ3) is 3.23. The quantitative estimate of drug-likeness (QED) is 0.674. The Morgan fingerprint density at radius 1 is 1.43 bits per heavy atom. The molecule has 0 bridgehead atoms. The molecule has 1 saturated heterocycles. The third-order valence-corrected chi connectivity index (χ3v) is 2.94. The summed E-state index contributed by atoms with van der Waals surface area (Å²) >= 11 is 0. The Balaban J connectivity index is 2.25. The van der Waals surface area contributed by atoms with Crippen LogP contribution in [0.4, 0.5) is 0 Å². The first-order chi connectivity index (χ1) is 6.57. The fourth-order valence-electron chi connectivity index (χ4n) is 1.74. The van der Waals surface area contributed by atoms with Crippen molar-refractivity contribution in [3.05, 3.63) is 0 Å². The lowest BCUT2D eigenvalue weighted by atomic mass is 9.87. The molecular weight excluding hydrogens is 178 g/mol. The molecule has 14 heavy (non-hydrogen) atoms. The van der Waals surface area contributed by atoms with Gasteiger partial charge < -0.3 is 15.2 Å². The minimum atomic E-state index is 0.267. The van der Waals surface area contributed by atoms with E-state index in [0.29, 0.717) is 17.4 Å². The minimum absolute atomic E-state index is 0.267. The predicted molar refractivity (Wildman–Crippen MR) is 57.3 cm³/mol. The summed E-state index contributed by atoms with van der Waals surface area (Å²) in [5, 5.41) is 12.4. The molecule has 0 aromatic rings. The van der Waals surface area contributed by atoms with Gasteiger partial charge in [-0.2, -0.15) is 0 Å². The van der Waals surface area contributed by atoms with E-state index >= 15 is 0 Å². The van der Waals surface area contributed by atoms with Crippen molar-refractivity contribution in [2.24, 2.45) is 11.3 Å². The molecule has 1 unspecified atom stereocenters. The van der Waals surface area contributed by atoms with Gasteiger partial charge in [0.2, 0.25) is 0 Å². The Labute approximate surface area is 86.8 Å². The molecular formula is C11H23NO2. The van der Waals surface area contributed by atoms with Crippen LogP contribution in [0.2, 0.25) is 0 Å². The van der Waals surface area contributed by atoms with Crippen LogP contribution in [-0.4, -0.2) is 37.5 Å². The molecule has 2 N–H and O–H groups in total. The second-order valence-electron chi connectivity index (χ2n) is 5.05. The van der Waals surface area contributed by atoms with Crippen molar-refractivity contribution in [2.75, 3.05) is 26.4 Å². The topological polar surface area (TPSA) is 41.5 Å². The van der Waals surface area contributed by atoms with Gasteiger partial charge in [0.05, 0.1) is 13.2 Å². The van der Waals surface area contributed by atoms with Crippen molar-refractivity contribution < 1.29 is 9.84 Å². The van der Waals surface area contributed by atoms with Crippen LogP contribution in [-0.2, 0) is 4.74 Å². The van der Waals surface area contributed by atoms with Crippen molar-refractivity contribution in [1.29, 1.82) is 0 Å². The highest BCUT2D eigenvalue weighted by molar-refractivity contribution is 4.85. The molecule has 1 rings (SSSR count). The predicted octanol–water partition coefficient (Wildman–Crippen LogP) is 1.02. The molecule has 3 nitrogen and oxygen atoms in total. The third-order valence-electron chi connectivity index (χ3n) is 2.94. The minimum Gasteiger partial charge on any atom is -0.396 e. The van der Waals surface area contributed by atoms with Gasteiger partial charge in [0, 0.05) is 24.6 Å². The number of rotatable bonds is 6. The first-order valence-corrected chi connectivity index (χ1v) is 5.49. The molecule has 0 aromatic carbocycles. The van der Waals surface area contributed by atoms with Crippen LogP contribution in [0.5, 0.6) is 0 Å². The summed E-state index contributed by atoms with van der Waals surface area (Å²) in [5.41, 5.74) is 0.322. The van der Waals surface area contributed by atoms with Crippen molar-refractivity contribution >= 4 is 0 Å². The van der Waals surface area contributed by atoms with Gasteiger partial charge in [0.1, 0.15) is 0 Å². The standard InChI is InChI=1S/C11H23NO2/c1-9(2)10(4-5-13)12-6-11(3)7-14-8-11/h9-10,12-13H,4-8H2,1-3H3. The van der Waals surface area contributed by atoms with Gasteiger partial charge >= 0.3 is 0 Å². The molecule has 84 valence electrons. The molecule has 0 aliphatic carbocycles. The van der Waals surface area contributed by atoms with Gasteiger partial charge in [-0.15, -0.1) is 0 Å². The van der Waals surface area contributed by atoms with Gasteiger partial charge in [-0.3, -0.25) is 0 Å². The fraction of sp³-hybridized carbons (Fsp3) is 1.00. The summed E-state index contributed by atoms with van der Waals surface area (Å²) in [5.74, 6) is 0.576. The maximum atomic E-state index is 8.92. The van der Waals surface area contributed by atoms with Crippen molar-refractivity contribution in [3.63, 3.8) is 0 Å². The van der Waals surface area contributed by atoms with Crippen LogP contribution in [0, 0.1) is 11.3 Å². The van der Waals surface area contributed by atoms with Crippen LogP contribution >= 0.6 is 0 Å². The van der Waals surface area contributed by atoms with Crippen LogP contribution in [0.25, 0.3) is 0 Å². The Bertz CT molecular complexity index is 167. The Kier molecular flexibility index (Phi) is 4.35. The number of ether oxygens (including phenoxy) is 1. The number of aliphatic hydroxyl groups is 1. The Morgan fingerprint density at radius 2 is 2.07 bits per heavy atom. The SMILES string of the molecule is CC(C)C(CCO)NCC1(C)COC1. The lowest BCUT2D eigenvalue weighted by molar-refractivity contribution is -0.101. The first-order valence-electron chi connectivity index (χ1n) is 5.49. The largest absolute Gasteiger partial charge is 0.396 e. The molecule has 3 heteroatoms. The van der Waals surface area contributed by atoms with E-state index in [4.69, 9.17) is 9.84 Å². The molecule has 0 spiro atoms. The first kappa shape index (κ1) is 12.0. The summed E-state index contributed by atoms with van der Waals surface area (Å²) in [6.45, 7) is 9.60. The Hall–Kier alpha value is -0.120. The van der Waals surface area contributed by atoms with E-state index in [1.807, 2.05) is 0 Å².